The fraction of sp³-hybridized carbons (Fsp3) is 0.194. The van der Waals surface area contributed by atoms with Crippen molar-refractivity contribution in [3.63, 3.8) is 0 Å². The topological polar surface area (TPSA) is 73.7 Å². The normalized spacial score (nSPS) is 11.7. The summed E-state index contributed by atoms with van der Waals surface area (Å²) in [5.74, 6) is -0.302. The highest BCUT2D eigenvalue weighted by Crippen LogP contribution is 2.36. The molecule has 12 heteroatoms. The van der Waals surface area contributed by atoms with Crippen molar-refractivity contribution in [3.8, 4) is 22.4 Å². The van der Waals surface area contributed by atoms with Crippen molar-refractivity contribution >= 4 is 46.9 Å². The molecule has 0 aliphatic carbocycles. The first-order chi connectivity index (χ1) is 22.6. The maximum absolute atomic E-state index is 13.9. The molecule has 7 nitrogen and oxygen atoms in total. The minimum absolute atomic E-state index is 0.175. The average Bonchev–Trinajstić information content (AvgIpc) is 3.42. The van der Waals surface area contributed by atoms with Crippen LogP contribution in [-0.2, 0) is 22.2 Å². The smallest absolute Gasteiger partial charge is 0.421 e. The Hall–Kier alpha value is -4.80. The second-order valence-electron chi connectivity index (χ2n) is 11.8. The van der Waals surface area contributed by atoms with E-state index in [1.165, 1.54) is 18.1 Å². The summed E-state index contributed by atoms with van der Waals surface area (Å²) in [5, 5.41) is 0.778. The van der Waals surface area contributed by atoms with Crippen LogP contribution in [0.1, 0.15) is 42.3 Å². The van der Waals surface area contributed by atoms with E-state index in [0.717, 1.165) is 17.7 Å². The Morgan fingerprint density at radius 2 is 1.56 bits per heavy atom. The number of carbonyl (C=O) groups excluding carboxylic acids is 2. The molecule has 0 spiro atoms. The summed E-state index contributed by atoms with van der Waals surface area (Å²) in [7, 11) is 1.30. The average molecular weight is 697 g/mol. The zero-order chi connectivity index (χ0) is 34.8. The summed E-state index contributed by atoms with van der Waals surface area (Å²) >= 11 is 12.7. The molecule has 4 aromatic carbocycles. The Morgan fingerprint density at radius 1 is 0.875 bits per heavy atom. The molecule has 248 valence electrons. The lowest BCUT2D eigenvalue weighted by Crippen LogP contribution is -2.35. The Balaban J connectivity index is 1.62. The molecule has 5 aromatic rings. The van der Waals surface area contributed by atoms with Gasteiger partial charge in [0.1, 0.15) is 5.60 Å². The number of alkyl halides is 3. The molecule has 0 unspecified atom stereocenters. The summed E-state index contributed by atoms with van der Waals surface area (Å²) in [4.78, 5) is 32.0. The van der Waals surface area contributed by atoms with Crippen LogP contribution in [0, 0.1) is 0 Å². The van der Waals surface area contributed by atoms with Gasteiger partial charge in [0.25, 0.3) is 0 Å². The monoisotopic (exact) mass is 695 g/mol. The van der Waals surface area contributed by atoms with Crippen LogP contribution in [0.25, 0.3) is 22.4 Å². The van der Waals surface area contributed by atoms with E-state index in [4.69, 9.17) is 37.7 Å². The fourth-order valence-corrected chi connectivity index (χ4v) is 5.38. The second kappa shape index (κ2) is 13.7. The minimum atomic E-state index is -4.50. The van der Waals surface area contributed by atoms with Crippen LogP contribution in [0.15, 0.2) is 97.2 Å². The summed E-state index contributed by atoms with van der Waals surface area (Å²) in [6.07, 6.45) is -3.51. The third kappa shape index (κ3) is 8.00. The lowest BCUT2D eigenvalue weighted by atomic mass is 10.0. The van der Waals surface area contributed by atoms with Crippen molar-refractivity contribution in [1.82, 2.24) is 9.55 Å². The number of imidazole rings is 1. The van der Waals surface area contributed by atoms with Gasteiger partial charge in [-0.15, -0.1) is 0 Å². The Labute approximate surface area is 285 Å². The van der Waals surface area contributed by atoms with Gasteiger partial charge in [0.05, 0.1) is 41.2 Å². The van der Waals surface area contributed by atoms with Crippen molar-refractivity contribution in [2.24, 2.45) is 0 Å². The molecular weight excluding hydrogens is 666 g/mol. The number of anilines is 2. The van der Waals surface area contributed by atoms with Crippen LogP contribution in [0.5, 0.6) is 0 Å². The van der Waals surface area contributed by atoms with Crippen molar-refractivity contribution in [2.75, 3.05) is 12.0 Å². The summed E-state index contributed by atoms with van der Waals surface area (Å²) in [5.41, 5.74) is 1.72. The van der Waals surface area contributed by atoms with Gasteiger partial charge in [-0.3, -0.25) is 0 Å². The van der Waals surface area contributed by atoms with Gasteiger partial charge in [0.15, 0.2) is 0 Å². The van der Waals surface area contributed by atoms with Gasteiger partial charge in [-0.05, 0) is 92.1 Å². The van der Waals surface area contributed by atoms with Gasteiger partial charge >= 0.3 is 18.2 Å². The number of esters is 1. The standard InChI is InChI=1S/C36H30Cl2F3N3O4/c1-35(2,3)48-34(46)44(28-15-12-23(13-16-28)25-6-5-7-26(18-25)36(39,40)41)33-42-31(29-17-14-27(37)19-30(29)38)21-43(33)20-22-8-10-24(11-9-22)32(45)47-4/h5-19,21H,20H2,1-4H3. The maximum Gasteiger partial charge on any atom is 0.421 e. The highest BCUT2D eigenvalue weighted by Gasteiger charge is 2.31. The molecule has 0 saturated carbocycles. The van der Waals surface area contributed by atoms with Crippen LogP contribution in [0.4, 0.5) is 29.6 Å². The van der Waals surface area contributed by atoms with E-state index < -0.39 is 29.4 Å². The number of carbonyl (C=O) groups is 2. The van der Waals surface area contributed by atoms with Crippen molar-refractivity contribution < 1.29 is 32.2 Å². The van der Waals surface area contributed by atoms with Gasteiger partial charge in [0, 0.05) is 16.8 Å². The summed E-state index contributed by atoms with van der Waals surface area (Å²) in [6.45, 7) is 5.41. The fourth-order valence-electron chi connectivity index (χ4n) is 4.88. The molecule has 1 amide bonds. The third-order valence-corrected chi connectivity index (χ3v) is 7.66. The summed E-state index contributed by atoms with van der Waals surface area (Å²) in [6, 6.07) is 23.2. The Bertz CT molecular complexity index is 1950. The predicted octanol–water partition coefficient (Wildman–Crippen LogP) is 10.5. The number of rotatable bonds is 7. The molecule has 1 heterocycles. The predicted molar refractivity (Wildman–Crippen MR) is 180 cm³/mol. The zero-order valence-electron chi connectivity index (χ0n) is 26.3. The van der Waals surface area contributed by atoms with E-state index in [-0.39, 0.29) is 12.5 Å². The first-order valence-corrected chi connectivity index (χ1v) is 15.4. The molecule has 0 bridgehead atoms. The Morgan fingerprint density at radius 3 is 2.17 bits per heavy atom. The van der Waals surface area contributed by atoms with Crippen LogP contribution < -0.4 is 4.90 Å². The van der Waals surface area contributed by atoms with Gasteiger partial charge in [-0.2, -0.15) is 13.2 Å². The molecule has 0 fully saturated rings. The second-order valence-corrected chi connectivity index (χ2v) is 12.7. The first-order valence-electron chi connectivity index (χ1n) is 14.6. The van der Waals surface area contributed by atoms with Crippen LogP contribution >= 0.6 is 23.2 Å². The van der Waals surface area contributed by atoms with Gasteiger partial charge in [-0.25, -0.2) is 19.5 Å². The minimum Gasteiger partial charge on any atom is -0.465 e. The molecule has 1 aromatic heterocycles. The zero-order valence-corrected chi connectivity index (χ0v) is 27.8. The van der Waals surface area contributed by atoms with Crippen molar-refractivity contribution in [3.05, 3.63) is 124 Å². The highest BCUT2D eigenvalue weighted by molar-refractivity contribution is 6.36. The number of hydrogen-bond acceptors (Lipinski definition) is 5. The lowest BCUT2D eigenvalue weighted by Gasteiger charge is -2.27. The number of aromatic nitrogens is 2. The van der Waals surface area contributed by atoms with E-state index in [9.17, 15) is 22.8 Å². The molecule has 0 N–H and O–H groups in total. The quantitative estimate of drug-likeness (QED) is 0.158. The Kier molecular flexibility index (Phi) is 9.89. The number of amides is 1. The van der Waals surface area contributed by atoms with Crippen molar-refractivity contribution in [2.45, 2.75) is 39.1 Å². The number of hydrogen-bond donors (Lipinski definition) is 0. The number of halogens is 5. The molecule has 0 aliphatic heterocycles. The first kappa shape index (κ1) is 34.5. The summed E-state index contributed by atoms with van der Waals surface area (Å²) < 4.78 is 52.5. The largest absolute Gasteiger partial charge is 0.465 e. The van der Waals surface area contributed by atoms with E-state index >= 15 is 0 Å². The van der Waals surface area contributed by atoms with Gasteiger partial charge in [-0.1, -0.05) is 59.6 Å². The molecule has 0 atom stereocenters. The van der Waals surface area contributed by atoms with E-state index in [1.54, 1.807) is 104 Å². The van der Waals surface area contributed by atoms with Crippen LogP contribution in [0.3, 0.4) is 0 Å². The molecule has 0 aliphatic rings. The molecule has 5 rings (SSSR count). The third-order valence-electron chi connectivity index (χ3n) is 7.12. The highest BCUT2D eigenvalue weighted by atomic mass is 35.5. The number of methoxy groups -OCH3 is 1. The van der Waals surface area contributed by atoms with Crippen LogP contribution in [-0.4, -0.2) is 34.3 Å². The maximum atomic E-state index is 13.9. The SMILES string of the molecule is COC(=O)c1ccc(Cn2cc(-c3ccc(Cl)cc3Cl)nc2N(C(=O)OC(C)(C)C)c2ccc(-c3cccc(C(F)(F)F)c3)cc2)cc1. The van der Waals surface area contributed by atoms with Crippen LogP contribution in [0.2, 0.25) is 10.0 Å². The number of nitrogens with zero attached hydrogens (tertiary/aromatic N) is 3. The molecule has 48 heavy (non-hydrogen) atoms. The van der Waals surface area contributed by atoms with Crippen molar-refractivity contribution in [1.29, 1.82) is 0 Å². The van der Waals surface area contributed by atoms with E-state index in [2.05, 4.69) is 0 Å². The van der Waals surface area contributed by atoms with E-state index in [0.29, 0.717) is 43.7 Å². The number of benzene rings is 4. The molecule has 0 saturated heterocycles. The lowest BCUT2D eigenvalue weighted by molar-refractivity contribution is -0.137. The number of ether oxygens (including phenoxy) is 2. The molecular formula is C36H30Cl2F3N3O4. The van der Waals surface area contributed by atoms with Gasteiger partial charge < -0.3 is 14.0 Å². The van der Waals surface area contributed by atoms with E-state index in [1.807, 2.05) is 0 Å². The molecule has 0 radical (unpaired) electrons. The van der Waals surface area contributed by atoms with Gasteiger partial charge in [0.2, 0.25) is 5.95 Å².